The van der Waals surface area contributed by atoms with Crippen molar-refractivity contribution in [3.8, 4) is 0 Å². The quantitative estimate of drug-likeness (QED) is 0.401. The van der Waals surface area contributed by atoms with Crippen molar-refractivity contribution in [3.05, 3.63) is 108 Å². The van der Waals surface area contributed by atoms with Crippen LogP contribution in [0.25, 0.3) is 0 Å². The Kier molecular flexibility index (Phi) is 6.29. The van der Waals surface area contributed by atoms with E-state index in [0.29, 0.717) is 13.2 Å². The van der Waals surface area contributed by atoms with Gasteiger partial charge in [-0.3, -0.25) is 9.69 Å². The predicted octanol–water partition coefficient (Wildman–Crippen LogP) is 5.25. The van der Waals surface area contributed by atoms with Crippen molar-refractivity contribution in [1.82, 2.24) is 4.90 Å². The molecule has 0 saturated carbocycles. The Hall–Kier alpha value is -2.91. The van der Waals surface area contributed by atoms with Crippen LogP contribution in [0, 0.1) is 5.92 Å². The molecule has 3 heteroatoms. The molecule has 1 unspecified atom stereocenters. The second kappa shape index (κ2) is 9.27. The van der Waals surface area contributed by atoms with Gasteiger partial charge in [-0.05, 0) is 29.5 Å². The average Bonchev–Trinajstić information content (AvgIpc) is 3.31. The van der Waals surface area contributed by atoms with Crippen molar-refractivity contribution in [3.63, 3.8) is 0 Å². The van der Waals surface area contributed by atoms with Gasteiger partial charge in [0.1, 0.15) is 0 Å². The molecule has 1 fully saturated rings. The number of likely N-dealkylation sites (tertiary alicyclic amines) is 1. The molecule has 1 heterocycles. The summed E-state index contributed by atoms with van der Waals surface area (Å²) in [4.78, 5) is 15.1. The maximum atomic E-state index is 12.6. The first kappa shape index (κ1) is 20.4. The molecule has 0 radical (unpaired) electrons. The maximum absolute atomic E-state index is 12.6. The number of esters is 1. The van der Waals surface area contributed by atoms with Crippen molar-refractivity contribution < 1.29 is 9.53 Å². The summed E-state index contributed by atoms with van der Waals surface area (Å²) in [5.41, 5.74) is 3.18. The lowest BCUT2D eigenvalue weighted by molar-refractivity contribution is -0.148. The molecule has 1 saturated heterocycles. The third-order valence-corrected chi connectivity index (χ3v) is 6.02. The Morgan fingerprint density at radius 3 is 1.77 bits per heavy atom. The Labute approximate surface area is 179 Å². The summed E-state index contributed by atoms with van der Waals surface area (Å²) in [7, 11) is 0. The summed E-state index contributed by atoms with van der Waals surface area (Å²) in [5, 5.41) is 0. The summed E-state index contributed by atoms with van der Waals surface area (Å²) >= 11 is 0. The monoisotopic (exact) mass is 399 g/mol. The molecule has 0 bridgehead atoms. The second-order valence-corrected chi connectivity index (χ2v) is 7.91. The number of hydrogen-bond donors (Lipinski definition) is 0. The summed E-state index contributed by atoms with van der Waals surface area (Å²) < 4.78 is 5.49. The van der Waals surface area contributed by atoms with E-state index in [4.69, 9.17) is 4.74 Å². The van der Waals surface area contributed by atoms with Gasteiger partial charge in [-0.15, -0.1) is 0 Å². The highest BCUT2D eigenvalue weighted by atomic mass is 16.5. The molecule has 1 aliphatic heterocycles. The van der Waals surface area contributed by atoms with Crippen LogP contribution in [0.4, 0.5) is 0 Å². The fourth-order valence-corrected chi connectivity index (χ4v) is 4.66. The van der Waals surface area contributed by atoms with Crippen molar-refractivity contribution in [2.45, 2.75) is 25.3 Å². The van der Waals surface area contributed by atoms with E-state index >= 15 is 0 Å². The van der Waals surface area contributed by atoms with Crippen LogP contribution in [-0.4, -0.2) is 30.6 Å². The van der Waals surface area contributed by atoms with E-state index in [1.165, 1.54) is 16.7 Å². The van der Waals surface area contributed by atoms with Crippen LogP contribution in [0.5, 0.6) is 0 Å². The fraction of sp³-hybridized carbons (Fsp3) is 0.296. The van der Waals surface area contributed by atoms with Gasteiger partial charge in [0.2, 0.25) is 0 Å². The first-order valence-corrected chi connectivity index (χ1v) is 10.8. The first-order valence-electron chi connectivity index (χ1n) is 10.8. The van der Waals surface area contributed by atoms with Crippen molar-refractivity contribution in [2.75, 3.05) is 19.7 Å². The van der Waals surface area contributed by atoms with Crippen LogP contribution in [0.3, 0.4) is 0 Å². The Bertz CT molecular complexity index is 844. The summed E-state index contributed by atoms with van der Waals surface area (Å²) in [6.07, 6.45) is 1.67. The molecule has 3 aromatic carbocycles. The van der Waals surface area contributed by atoms with E-state index < -0.39 is 5.54 Å². The molecule has 0 aromatic heterocycles. The largest absolute Gasteiger partial charge is 0.465 e. The minimum atomic E-state index is -0.455. The molecule has 0 N–H and O–H groups in total. The van der Waals surface area contributed by atoms with Crippen LogP contribution in [0.1, 0.15) is 36.5 Å². The zero-order chi connectivity index (χ0) is 20.8. The van der Waals surface area contributed by atoms with Crippen molar-refractivity contribution >= 4 is 5.97 Å². The minimum Gasteiger partial charge on any atom is -0.465 e. The lowest BCUT2D eigenvalue weighted by Gasteiger charge is -2.44. The topological polar surface area (TPSA) is 29.5 Å². The van der Waals surface area contributed by atoms with Gasteiger partial charge in [0.05, 0.1) is 18.1 Å². The number of hydrogen-bond acceptors (Lipinski definition) is 3. The normalized spacial score (nSPS) is 17.0. The van der Waals surface area contributed by atoms with E-state index in [2.05, 4.69) is 95.9 Å². The Balaban J connectivity index is 1.83. The number of carbonyl (C=O) groups is 1. The van der Waals surface area contributed by atoms with Gasteiger partial charge >= 0.3 is 5.97 Å². The van der Waals surface area contributed by atoms with Crippen LogP contribution < -0.4 is 0 Å². The highest BCUT2D eigenvalue weighted by Crippen LogP contribution is 2.44. The summed E-state index contributed by atoms with van der Waals surface area (Å²) in [6, 6.07) is 31.9. The lowest BCUT2D eigenvalue weighted by atomic mass is 9.75. The van der Waals surface area contributed by atoms with E-state index in [-0.39, 0.29) is 11.9 Å². The summed E-state index contributed by atoms with van der Waals surface area (Å²) in [6.45, 7) is 4.04. The van der Waals surface area contributed by atoms with Gasteiger partial charge in [-0.25, -0.2) is 0 Å². The molecular weight excluding hydrogens is 370 g/mol. The molecular formula is C27H29NO2. The zero-order valence-electron chi connectivity index (χ0n) is 17.5. The van der Waals surface area contributed by atoms with Crippen LogP contribution in [-0.2, 0) is 15.1 Å². The van der Waals surface area contributed by atoms with Gasteiger partial charge in [-0.1, -0.05) is 97.9 Å². The average molecular weight is 400 g/mol. The second-order valence-electron chi connectivity index (χ2n) is 7.91. The number of nitrogens with zero attached hydrogens (tertiary/aromatic N) is 1. The van der Waals surface area contributed by atoms with Crippen LogP contribution >= 0.6 is 0 Å². The summed E-state index contributed by atoms with van der Waals surface area (Å²) in [5.74, 6) is -0.158. The molecule has 0 amide bonds. The smallest absolute Gasteiger partial charge is 0.310 e. The highest BCUT2D eigenvalue weighted by Gasteiger charge is 2.46. The van der Waals surface area contributed by atoms with E-state index in [9.17, 15) is 4.79 Å². The van der Waals surface area contributed by atoms with Gasteiger partial charge in [0.25, 0.3) is 0 Å². The first-order chi connectivity index (χ1) is 14.8. The molecule has 0 spiro atoms. The molecule has 30 heavy (non-hydrogen) atoms. The molecule has 154 valence electrons. The molecule has 3 aromatic rings. The molecule has 4 rings (SSSR count). The Morgan fingerprint density at radius 2 is 1.33 bits per heavy atom. The van der Waals surface area contributed by atoms with Gasteiger partial charge < -0.3 is 4.74 Å². The number of ether oxygens (including phenoxy) is 1. The van der Waals surface area contributed by atoms with Crippen LogP contribution in [0.2, 0.25) is 0 Å². The minimum absolute atomic E-state index is 0.0672. The number of rotatable bonds is 7. The fourth-order valence-electron chi connectivity index (χ4n) is 4.66. The van der Waals surface area contributed by atoms with E-state index in [0.717, 1.165) is 19.4 Å². The lowest BCUT2D eigenvalue weighted by Crippen LogP contribution is -2.47. The molecule has 0 aliphatic carbocycles. The third-order valence-electron chi connectivity index (χ3n) is 6.02. The van der Waals surface area contributed by atoms with Gasteiger partial charge in [0.15, 0.2) is 0 Å². The standard InChI is InChI=1S/C27H29NO2/c1-2-20-30-26(29)22-18-19-28(21-22)27(23-12-6-3-7-13-23,24-14-8-4-9-15-24)25-16-10-5-11-17-25/h3-17,22H,2,18-21H2,1H3. The number of carbonyl (C=O) groups excluding carboxylic acids is 1. The SMILES string of the molecule is CCCOC(=O)C1CCN(C(c2ccccc2)(c2ccccc2)c2ccccc2)C1. The molecule has 1 atom stereocenters. The van der Waals surface area contributed by atoms with E-state index in [1.807, 2.05) is 6.92 Å². The van der Waals surface area contributed by atoms with E-state index in [1.54, 1.807) is 0 Å². The predicted molar refractivity (Wildman–Crippen MR) is 120 cm³/mol. The van der Waals surface area contributed by atoms with Gasteiger partial charge in [0, 0.05) is 13.1 Å². The third kappa shape index (κ3) is 3.78. The zero-order valence-corrected chi connectivity index (χ0v) is 17.5. The van der Waals surface area contributed by atoms with Crippen molar-refractivity contribution in [2.24, 2.45) is 5.92 Å². The maximum Gasteiger partial charge on any atom is 0.310 e. The highest BCUT2D eigenvalue weighted by molar-refractivity contribution is 5.73. The van der Waals surface area contributed by atoms with Gasteiger partial charge in [-0.2, -0.15) is 0 Å². The molecule has 1 aliphatic rings. The van der Waals surface area contributed by atoms with Crippen molar-refractivity contribution in [1.29, 1.82) is 0 Å². The molecule has 3 nitrogen and oxygen atoms in total. The van der Waals surface area contributed by atoms with Crippen LogP contribution in [0.15, 0.2) is 91.0 Å². The number of benzene rings is 3. The Morgan fingerprint density at radius 1 is 0.867 bits per heavy atom.